The molecule has 2 aromatic carbocycles. The molecular weight excluding hydrogens is 343 g/mol. The molecule has 0 amide bonds. The van der Waals surface area contributed by atoms with E-state index in [-0.39, 0.29) is 10.7 Å². The van der Waals surface area contributed by atoms with Crippen molar-refractivity contribution in [3.63, 3.8) is 0 Å². The van der Waals surface area contributed by atoms with Crippen LogP contribution in [0.4, 0.5) is 0 Å². The van der Waals surface area contributed by atoms with Crippen LogP contribution in [-0.4, -0.2) is 20.5 Å². The molecule has 0 heterocycles. The average molecular weight is 355 g/mol. The maximum absolute atomic E-state index is 12.0. The highest BCUT2D eigenvalue weighted by Crippen LogP contribution is 2.23. The summed E-state index contributed by atoms with van der Waals surface area (Å²) in [6.45, 7) is 0. The Morgan fingerprint density at radius 2 is 1.64 bits per heavy atom. The SMILES string of the molecule is CS(=O)(=O)c1ccc(C(=O)C=Cc2ccc(Cl)c(Cl)c2)cc1. The predicted molar refractivity (Wildman–Crippen MR) is 89.4 cm³/mol. The number of sulfone groups is 1. The minimum Gasteiger partial charge on any atom is -0.289 e. The monoisotopic (exact) mass is 354 g/mol. The fourth-order valence-electron chi connectivity index (χ4n) is 1.75. The lowest BCUT2D eigenvalue weighted by Crippen LogP contribution is -1.99. The number of carbonyl (C=O) groups excluding carboxylic acids is 1. The highest BCUT2D eigenvalue weighted by atomic mass is 35.5. The first-order chi connectivity index (χ1) is 10.3. The molecule has 3 nitrogen and oxygen atoms in total. The summed E-state index contributed by atoms with van der Waals surface area (Å²) in [7, 11) is -3.27. The smallest absolute Gasteiger partial charge is 0.185 e. The van der Waals surface area contributed by atoms with Gasteiger partial charge in [-0.15, -0.1) is 0 Å². The minimum absolute atomic E-state index is 0.178. The molecule has 0 fully saturated rings. The van der Waals surface area contributed by atoms with Gasteiger partial charge in [-0.25, -0.2) is 8.42 Å². The van der Waals surface area contributed by atoms with Crippen LogP contribution in [0.25, 0.3) is 6.08 Å². The van der Waals surface area contributed by atoms with Gasteiger partial charge in [0.05, 0.1) is 14.9 Å². The third-order valence-corrected chi connectivity index (χ3v) is 4.81. The summed E-state index contributed by atoms with van der Waals surface area (Å²) in [6, 6.07) is 10.8. The quantitative estimate of drug-likeness (QED) is 0.607. The zero-order valence-electron chi connectivity index (χ0n) is 11.6. The number of hydrogen-bond acceptors (Lipinski definition) is 3. The van der Waals surface area contributed by atoms with Crippen molar-refractivity contribution in [1.29, 1.82) is 0 Å². The summed E-state index contributed by atoms with van der Waals surface area (Å²) in [4.78, 5) is 12.2. The lowest BCUT2D eigenvalue weighted by atomic mass is 10.1. The third kappa shape index (κ3) is 4.19. The Labute approximate surface area is 139 Å². The van der Waals surface area contributed by atoms with Gasteiger partial charge < -0.3 is 0 Å². The molecule has 0 N–H and O–H groups in total. The van der Waals surface area contributed by atoms with Crippen LogP contribution in [-0.2, 0) is 9.84 Å². The van der Waals surface area contributed by atoms with E-state index >= 15 is 0 Å². The minimum atomic E-state index is -3.27. The Morgan fingerprint density at radius 1 is 1.00 bits per heavy atom. The molecule has 0 aliphatic heterocycles. The molecule has 0 unspecified atom stereocenters. The Balaban J connectivity index is 2.18. The van der Waals surface area contributed by atoms with E-state index < -0.39 is 9.84 Å². The van der Waals surface area contributed by atoms with E-state index in [0.717, 1.165) is 11.8 Å². The van der Waals surface area contributed by atoms with Crippen LogP contribution in [0.5, 0.6) is 0 Å². The molecule has 0 saturated carbocycles. The maximum Gasteiger partial charge on any atom is 0.185 e. The van der Waals surface area contributed by atoms with Gasteiger partial charge in [0.25, 0.3) is 0 Å². The van der Waals surface area contributed by atoms with Gasteiger partial charge >= 0.3 is 0 Å². The van der Waals surface area contributed by atoms with Gasteiger partial charge in [-0.05, 0) is 48.0 Å². The van der Waals surface area contributed by atoms with Crippen LogP contribution < -0.4 is 0 Å². The Bertz CT molecular complexity index is 838. The first-order valence-electron chi connectivity index (χ1n) is 6.25. The van der Waals surface area contributed by atoms with Crippen molar-refractivity contribution < 1.29 is 13.2 Å². The van der Waals surface area contributed by atoms with E-state index in [2.05, 4.69) is 0 Å². The molecule has 0 aromatic heterocycles. The summed E-state index contributed by atoms with van der Waals surface area (Å²) < 4.78 is 22.7. The molecule has 0 atom stereocenters. The van der Waals surface area contributed by atoms with Crippen LogP contribution in [0.3, 0.4) is 0 Å². The van der Waals surface area contributed by atoms with Crippen LogP contribution >= 0.6 is 23.2 Å². The molecule has 2 rings (SSSR count). The lowest BCUT2D eigenvalue weighted by molar-refractivity contribution is 0.104. The van der Waals surface area contributed by atoms with Gasteiger partial charge in [-0.1, -0.05) is 35.3 Å². The Kier molecular flexibility index (Phi) is 5.06. The fourth-order valence-corrected chi connectivity index (χ4v) is 2.69. The second-order valence-corrected chi connectivity index (χ2v) is 7.50. The maximum atomic E-state index is 12.0. The van der Waals surface area contributed by atoms with E-state index in [1.807, 2.05) is 0 Å². The molecule has 0 saturated heterocycles. The van der Waals surface area contributed by atoms with Crippen LogP contribution in [0.1, 0.15) is 15.9 Å². The van der Waals surface area contributed by atoms with E-state index in [0.29, 0.717) is 15.6 Å². The summed E-state index contributed by atoms with van der Waals surface area (Å²) in [5.41, 5.74) is 1.15. The van der Waals surface area contributed by atoms with Crippen molar-refractivity contribution in [3.8, 4) is 0 Å². The zero-order valence-corrected chi connectivity index (χ0v) is 13.9. The number of halogens is 2. The second kappa shape index (κ2) is 6.65. The van der Waals surface area contributed by atoms with Crippen molar-refractivity contribution in [2.45, 2.75) is 4.90 Å². The molecular formula is C16H12Cl2O3S. The van der Waals surface area contributed by atoms with Crippen molar-refractivity contribution in [1.82, 2.24) is 0 Å². The second-order valence-electron chi connectivity index (χ2n) is 4.67. The van der Waals surface area contributed by atoms with E-state index in [1.54, 1.807) is 24.3 Å². The van der Waals surface area contributed by atoms with E-state index in [1.165, 1.54) is 30.3 Å². The van der Waals surface area contributed by atoms with Gasteiger partial charge in [0, 0.05) is 11.8 Å². The Morgan fingerprint density at radius 3 is 2.18 bits per heavy atom. The summed E-state index contributed by atoms with van der Waals surface area (Å²) in [5.74, 6) is -0.230. The van der Waals surface area contributed by atoms with Crippen LogP contribution in [0, 0.1) is 0 Å². The number of ketones is 1. The summed E-state index contributed by atoms with van der Waals surface area (Å²) in [6.07, 6.45) is 4.14. The number of allylic oxidation sites excluding steroid dienone is 1. The molecule has 22 heavy (non-hydrogen) atoms. The molecule has 0 spiro atoms. The number of hydrogen-bond donors (Lipinski definition) is 0. The van der Waals surface area contributed by atoms with E-state index in [9.17, 15) is 13.2 Å². The van der Waals surface area contributed by atoms with Crippen molar-refractivity contribution >= 4 is 44.9 Å². The molecule has 114 valence electrons. The predicted octanol–water partition coefficient (Wildman–Crippen LogP) is 4.29. The topological polar surface area (TPSA) is 51.2 Å². The molecule has 0 radical (unpaired) electrons. The van der Waals surface area contributed by atoms with Crippen molar-refractivity contribution in [3.05, 3.63) is 69.7 Å². The molecule has 6 heteroatoms. The largest absolute Gasteiger partial charge is 0.289 e. The third-order valence-electron chi connectivity index (χ3n) is 2.94. The number of benzene rings is 2. The number of rotatable bonds is 4. The van der Waals surface area contributed by atoms with Gasteiger partial charge in [0.2, 0.25) is 0 Å². The number of carbonyl (C=O) groups is 1. The zero-order chi connectivity index (χ0) is 16.3. The van der Waals surface area contributed by atoms with Crippen LogP contribution in [0.2, 0.25) is 10.0 Å². The summed E-state index contributed by atoms with van der Waals surface area (Å²) >= 11 is 11.7. The van der Waals surface area contributed by atoms with Gasteiger partial charge in [-0.3, -0.25) is 4.79 Å². The molecule has 0 bridgehead atoms. The van der Waals surface area contributed by atoms with E-state index in [4.69, 9.17) is 23.2 Å². The van der Waals surface area contributed by atoms with Gasteiger partial charge in [-0.2, -0.15) is 0 Å². The Hall–Kier alpha value is -1.62. The van der Waals surface area contributed by atoms with Gasteiger partial charge in [0.15, 0.2) is 15.6 Å². The molecule has 0 aliphatic carbocycles. The molecule has 2 aromatic rings. The van der Waals surface area contributed by atoms with Crippen LogP contribution in [0.15, 0.2) is 53.4 Å². The van der Waals surface area contributed by atoms with Crippen molar-refractivity contribution in [2.75, 3.05) is 6.26 Å². The van der Waals surface area contributed by atoms with Crippen molar-refractivity contribution in [2.24, 2.45) is 0 Å². The summed E-state index contributed by atoms with van der Waals surface area (Å²) in [5, 5.41) is 0.857. The normalized spacial score (nSPS) is 11.8. The first kappa shape index (κ1) is 16.7. The lowest BCUT2D eigenvalue weighted by Gasteiger charge is -2.00. The highest BCUT2D eigenvalue weighted by Gasteiger charge is 2.08. The highest BCUT2D eigenvalue weighted by molar-refractivity contribution is 7.90. The fraction of sp³-hybridized carbons (Fsp3) is 0.0625. The van der Waals surface area contributed by atoms with Gasteiger partial charge in [0.1, 0.15) is 0 Å². The first-order valence-corrected chi connectivity index (χ1v) is 8.90. The average Bonchev–Trinajstić information content (AvgIpc) is 2.47. The molecule has 0 aliphatic rings. The standard InChI is InChI=1S/C16H12Cl2O3S/c1-22(20,21)13-6-4-12(5-7-13)16(19)9-3-11-2-8-14(17)15(18)10-11/h2-10H,1H3.